The van der Waals surface area contributed by atoms with Gasteiger partial charge in [-0.15, -0.1) is 12.4 Å². The molecule has 6 nitrogen and oxygen atoms in total. The summed E-state index contributed by atoms with van der Waals surface area (Å²) >= 11 is 0. The Bertz CT molecular complexity index is 822. The van der Waals surface area contributed by atoms with Crippen molar-refractivity contribution in [3.8, 4) is 6.07 Å². The Labute approximate surface area is 165 Å². The van der Waals surface area contributed by atoms with Crippen LogP contribution in [-0.2, 0) is 6.42 Å². The first-order valence-electron chi connectivity index (χ1n) is 8.89. The number of halogens is 2. The molecule has 0 radical (unpaired) electrons. The van der Waals surface area contributed by atoms with Crippen LogP contribution in [0.2, 0.25) is 0 Å². The molecule has 27 heavy (non-hydrogen) atoms. The van der Waals surface area contributed by atoms with Crippen LogP contribution in [0.25, 0.3) is 0 Å². The Morgan fingerprint density at radius 1 is 1.33 bits per heavy atom. The Kier molecular flexibility index (Phi) is 7.34. The number of nitrogens with zero attached hydrogens (tertiary/aromatic N) is 4. The van der Waals surface area contributed by atoms with E-state index in [1.165, 1.54) is 12.1 Å². The fourth-order valence-corrected chi connectivity index (χ4v) is 3.11. The van der Waals surface area contributed by atoms with Gasteiger partial charge in [-0.2, -0.15) is 10.2 Å². The number of aryl methyl sites for hydroxylation is 1. The molecule has 1 aromatic heterocycles. The summed E-state index contributed by atoms with van der Waals surface area (Å²) in [6.07, 6.45) is 2.93. The zero-order chi connectivity index (χ0) is 18.5. The minimum Gasteiger partial charge on any atom is -0.355 e. The molecule has 0 spiro atoms. The quantitative estimate of drug-likeness (QED) is 0.787. The highest BCUT2D eigenvalue weighted by Gasteiger charge is 2.23. The second-order valence-corrected chi connectivity index (χ2v) is 6.44. The zero-order valence-corrected chi connectivity index (χ0v) is 16.3. The monoisotopic (exact) mass is 390 g/mol. The molecule has 1 unspecified atom stereocenters. The van der Waals surface area contributed by atoms with Gasteiger partial charge in [-0.05, 0) is 38.1 Å². The number of hydrogen-bond donors (Lipinski definition) is 2. The lowest BCUT2D eigenvalue weighted by Crippen LogP contribution is -2.30. The van der Waals surface area contributed by atoms with E-state index in [4.69, 9.17) is 5.26 Å². The van der Waals surface area contributed by atoms with Crippen molar-refractivity contribution in [2.45, 2.75) is 32.2 Å². The largest absolute Gasteiger partial charge is 0.355 e. The van der Waals surface area contributed by atoms with E-state index >= 15 is 0 Å². The summed E-state index contributed by atoms with van der Waals surface area (Å²) in [5.41, 5.74) is 1.56. The van der Waals surface area contributed by atoms with Crippen molar-refractivity contribution in [3.05, 3.63) is 41.3 Å². The molecule has 0 amide bonds. The summed E-state index contributed by atoms with van der Waals surface area (Å²) in [7, 11) is 1.98. The number of rotatable bonds is 6. The number of nitriles is 1. The smallest absolute Gasteiger partial charge is 0.229 e. The van der Waals surface area contributed by atoms with Crippen LogP contribution < -0.4 is 15.5 Å². The number of nitrogens with one attached hydrogen (secondary N) is 2. The summed E-state index contributed by atoms with van der Waals surface area (Å²) in [4.78, 5) is 11.5. The van der Waals surface area contributed by atoms with Crippen LogP contribution in [-0.4, -0.2) is 36.1 Å². The molecule has 1 aliphatic heterocycles. The van der Waals surface area contributed by atoms with Crippen LogP contribution in [0.1, 0.15) is 31.0 Å². The summed E-state index contributed by atoms with van der Waals surface area (Å²) in [6.45, 7) is 3.97. The van der Waals surface area contributed by atoms with Crippen molar-refractivity contribution in [2.75, 3.05) is 30.4 Å². The fourth-order valence-electron chi connectivity index (χ4n) is 3.11. The van der Waals surface area contributed by atoms with Gasteiger partial charge in [0.2, 0.25) is 5.95 Å². The Hall–Kier alpha value is -2.43. The average Bonchev–Trinajstić information content (AvgIpc) is 3.13. The fraction of sp³-hybridized carbons (Fsp3) is 0.421. The number of hydrogen-bond acceptors (Lipinski definition) is 6. The molecule has 0 saturated carbocycles. The SMILES string of the molecule is CCCc1cc(N2CCC(NC)C2)nc(Nc2ccc(F)c(C#N)c2)n1.Cl. The van der Waals surface area contributed by atoms with Gasteiger partial charge in [-0.3, -0.25) is 0 Å². The summed E-state index contributed by atoms with van der Waals surface area (Å²) < 4.78 is 13.5. The molecule has 1 aliphatic rings. The summed E-state index contributed by atoms with van der Waals surface area (Å²) in [5, 5.41) is 15.4. The topological polar surface area (TPSA) is 76.9 Å². The number of anilines is 3. The maximum Gasteiger partial charge on any atom is 0.229 e. The molecule has 3 rings (SSSR count). The van der Waals surface area contributed by atoms with Crippen molar-refractivity contribution in [3.63, 3.8) is 0 Å². The second-order valence-electron chi connectivity index (χ2n) is 6.44. The van der Waals surface area contributed by atoms with Crippen LogP contribution >= 0.6 is 12.4 Å². The molecule has 0 aliphatic carbocycles. The molecular formula is C19H24ClFN6. The highest BCUT2D eigenvalue weighted by Crippen LogP contribution is 2.23. The standard InChI is InChI=1S/C19H23FN6.ClH/c1-3-4-14-10-18(26-8-7-16(12-26)22-2)25-19(23-14)24-15-5-6-17(20)13(9-15)11-21;/h5-6,9-10,16,22H,3-4,7-8,12H2,1-2H3,(H,23,24,25);1H. The van der Waals surface area contributed by atoms with E-state index in [1.807, 2.05) is 19.2 Å². The van der Waals surface area contributed by atoms with E-state index in [2.05, 4.69) is 32.4 Å². The van der Waals surface area contributed by atoms with Gasteiger partial charge in [0.05, 0.1) is 5.56 Å². The number of likely N-dealkylation sites (N-methyl/N-ethyl adjacent to an activating group) is 1. The molecule has 2 heterocycles. The average molecular weight is 391 g/mol. The van der Waals surface area contributed by atoms with Gasteiger partial charge in [-0.1, -0.05) is 13.3 Å². The third-order valence-corrected chi connectivity index (χ3v) is 4.54. The van der Waals surface area contributed by atoms with E-state index in [1.54, 1.807) is 6.07 Å². The van der Waals surface area contributed by atoms with Gasteiger partial charge >= 0.3 is 0 Å². The number of benzene rings is 1. The molecule has 8 heteroatoms. The molecule has 1 aromatic carbocycles. The highest BCUT2D eigenvalue weighted by molar-refractivity contribution is 5.85. The lowest BCUT2D eigenvalue weighted by atomic mass is 10.2. The second kappa shape index (κ2) is 9.49. The first kappa shape index (κ1) is 20.9. The van der Waals surface area contributed by atoms with Gasteiger partial charge in [0.25, 0.3) is 0 Å². The van der Waals surface area contributed by atoms with Gasteiger partial charge in [0, 0.05) is 36.6 Å². The molecule has 1 atom stereocenters. The van der Waals surface area contributed by atoms with Crippen molar-refractivity contribution < 1.29 is 4.39 Å². The molecule has 0 bridgehead atoms. The third-order valence-electron chi connectivity index (χ3n) is 4.54. The molecular weight excluding hydrogens is 367 g/mol. The van der Waals surface area contributed by atoms with Crippen LogP contribution in [0.15, 0.2) is 24.3 Å². The van der Waals surface area contributed by atoms with Gasteiger partial charge in [0.1, 0.15) is 17.7 Å². The van der Waals surface area contributed by atoms with Gasteiger partial charge in [0.15, 0.2) is 0 Å². The van der Waals surface area contributed by atoms with E-state index in [0.29, 0.717) is 17.7 Å². The molecule has 2 N–H and O–H groups in total. The number of aromatic nitrogens is 2. The van der Waals surface area contributed by atoms with Crippen molar-refractivity contribution in [1.82, 2.24) is 15.3 Å². The maximum atomic E-state index is 13.5. The predicted octanol–water partition coefficient (Wildman–Crippen LogP) is 3.40. The lowest BCUT2D eigenvalue weighted by molar-refractivity contribution is 0.616. The Morgan fingerprint density at radius 2 is 2.15 bits per heavy atom. The highest BCUT2D eigenvalue weighted by atomic mass is 35.5. The Balaban J connectivity index is 0.00000261. The molecule has 1 saturated heterocycles. The van der Waals surface area contributed by atoms with Gasteiger partial charge < -0.3 is 15.5 Å². The molecule has 1 fully saturated rings. The third kappa shape index (κ3) is 5.06. The normalized spacial score (nSPS) is 15.9. The van der Waals surface area contributed by atoms with Crippen molar-refractivity contribution in [2.24, 2.45) is 0 Å². The first-order valence-corrected chi connectivity index (χ1v) is 8.89. The molecule has 144 valence electrons. The predicted molar refractivity (Wildman–Crippen MR) is 107 cm³/mol. The van der Waals surface area contributed by atoms with Crippen molar-refractivity contribution in [1.29, 1.82) is 5.26 Å². The van der Waals surface area contributed by atoms with Crippen molar-refractivity contribution >= 4 is 29.9 Å². The summed E-state index contributed by atoms with van der Waals surface area (Å²) in [6, 6.07) is 8.68. The van der Waals surface area contributed by atoms with E-state index < -0.39 is 5.82 Å². The van der Waals surface area contributed by atoms with E-state index in [9.17, 15) is 4.39 Å². The Morgan fingerprint density at radius 3 is 2.81 bits per heavy atom. The van der Waals surface area contributed by atoms with Crippen LogP contribution in [0.4, 0.5) is 21.8 Å². The lowest BCUT2D eigenvalue weighted by Gasteiger charge is -2.19. The first-order chi connectivity index (χ1) is 12.6. The maximum absolute atomic E-state index is 13.5. The van der Waals surface area contributed by atoms with E-state index in [0.717, 1.165) is 43.9 Å². The van der Waals surface area contributed by atoms with Crippen LogP contribution in [0.3, 0.4) is 0 Å². The zero-order valence-electron chi connectivity index (χ0n) is 15.5. The minimum absolute atomic E-state index is 0. The van der Waals surface area contributed by atoms with Gasteiger partial charge in [-0.25, -0.2) is 9.37 Å². The van der Waals surface area contributed by atoms with Crippen LogP contribution in [0, 0.1) is 17.1 Å². The summed E-state index contributed by atoms with van der Waals surface area (Å²) in [5.74, 6) is 0.829. The molecule has 2 aromatic rings. The van der Waals surface area contributed by atoms with Crippen LogP contribution in [0.5, 0.6) is 0 Å². The van der Waals surface area contributed by atoms with E-state index in [-0.39, 0.29) is 18.0 Å². The minimum atomic E-state index is -0.533.